The fourth-order valence-corrected chi connectivity index (χ4v) is 6.03. The highest BCUT2D eigenvalue weighted by Gasteiger charge is 2.41. The Balaban J connectivity index is 1.46. The molecule has 5 rings (SSSR count). The molecular weight excluding hydrogens is 562 g/mol. The highest BCUT2D eigenvalue weighted by atomic mass is 32.2. The molecular formula is C28H20F2N2O6S2. The molecule has 40 heavy (non-hydrogen) atoms. The molecule has 0 radical (unpaired) electrons. The standard InChI is InChI=1S/C28H20F2N2O6S2/c29-21-13-18(14-22(30)23(21)34)32-27(36)24(39-19-5-1-16(15-33)2-6-19)25(28(32)37)40-20-7-3-17(4-8-20)26(35)31-9-11-38-12-10-31/h1-8,13-15,34H,9-12H2. The van der Waals surface area contributed by atoms with Gasteiger partial charge in [-0.25, -0.2) is 13.7 Å². The van der Waals surface area contributed by atoms with Crippen molar-refractivity contribution in [3.63, 3.8) is 0 Å². The molecule has 0 spiro atoms. The van der Waals surface area contributed by atoms with Crippen molar-refractivity contribution in [2.24, 2.45) is 0 Å². The predicted octanol–water partition coefficient (Wildman–Crippen LogP) is 4.62. The van der Waals surface area contributed by atoms with E-state index >= 15 is 0 Å². The normalized spacial score (nSPS) is 15.7. The van der Waals surface area contributed by atoms with Gasteiger partial charge in [-0.1, -0.05) is 35.7 Å². The lowest BCUT2D eigenvalue weighted by Crippen LogP contribution is -2.40. The van der Waals surface area contributed by atoms with Gasteiger partial charge in [0.1, 0.15) is 6.29 Å². The molecule has 3 amide bonds. The second-order valence-corrected chi connectivity index (χ2v) is 10.8. The van der Waals surface area contributed by atoms with Gasteiger partial charge in [-0.15, -0.1) is 0 Å². The van der Waals surface area contributed by atoms with Gasteiger partial charge in [0.05, 0.1) is 28.7 Å². The van der Waals surface area contributed by atoms with Gasteiger partial charge in [0, 0.05) is 46.1 Å². The molecule has 0 bridgehead atoms. The van der Waals surface area contributed by atoms with Crippen molar-refractivity contribution in [3.05, 3.63) is 93.2 Å². The maximum atomic E-state index is 14.1. The molecule has 0 atom stereocenters. The summed E-state index contributed by atoms with van der Waals surface area (Å²) in [6.45, 7) is 1.91. The van der Waals surface area contributed by atoms with Gasteiger partial charge in [0.25, 0.3) is 17.7 Å². The van der Waals surface area contributed by atoms with Crippen molar-refractivity contribution in [1.82, 2.24) is 4.90 Å². The van der Waals surface area contributed by atoms with Gasteiger partial charge in [-0.3, -0.25) is 19.2 Å². The molecule has 0 saturated carbocycles. The topological polar surface area (TPSA) is 104 Å². The number of hydrogen-bond donors (Lipinski definition) is 1. The van der Waals surface area contributed by atoms with E-state index in [0.717, 1.165) is 23.5 Å². The van der Waals surface area contributed by atoms with Gasteiger partial charge in [0.15, 0.2) is 17.4 Å². The molecule has 0 aliphatic carbocycles. The molecule has 1 fully saturated rings. The number of nitrogens with zero attached hydrogens (tertiary/aromatic N) is 2. The number of aromatic hydroxyl groups is 1. The summed E-state index contributed by atoms with van der Waals surface area (Å²) in [5.41, 5.74) is 0.500. The monoisotopic (exact) mass is 582 g/mol. The number of carbonyl (C=O) groups excluding carboxylic acids is 4. The van der Waals surface area contributed by atoms with Crippen molar-refractivity contribution in [3.8, 4) is 5.75 Å². The molecule has 1 saturated heterocycles. The van der Waals surface area contributed by atoms with Gasteiger partial charge in [-0.2, -0.15) is 0 Å². The Morgan fingerprint density at radius 2 is 1.35 bits per heavy atom. The number of aldehydes is 1. The lowest BCUT2D eigenvalue weighted by molar-refractivity contribution is -0.120. The van der Waals surface area contributed by atoms with Crippen LogP contribution in [0.2, 0.25) is 0 Å². The Hall–Kier alpha value is -4.00. The van der Waals surface area contributed by atoms with E-state index in [1.165, 1.54) is 0 Å². The van der Waals surface area contributed by atoms with Crippen LogP contribution in [0.15, 0.2) is 80.3 Å². The van der Waals surface area contributed by atoms with E-state index < -0.39 is 29.2 Å². The van der Waals surface area contributed by atoms with Crippen molar-refractivity contribution < 1.29 is 37.8 Å². The van der Waals surface area contributed by atoms with E-state index in [0.29, 0.717) is 70.5 Å². The smallest absolute Gasteiger partial charge is 0.273 e. The van der Waals surface area contributed by atoms with E-state index in [-0.39, 0.29) is 21.4 Å². The summed E-state index contributed by atoms with van der Waals surface area (Å²) in [6.07, 6.45) is 0.669. The molecule has 3 aromatic rings. The molecule has 12 heteroatoms. The van der Waals surface area contributed by atoms with Crippen molar-refractivity contribution in [1.29, 1.82) is 0 Å². The molecule has 2 aliphatic heterocycles. The second kappa shape index (κ2) is 11.6. The van der Waals surface area contributed by atoms with Gasteiger partial charge in [0.2, 0.25) is 0 Å². The number of imide groups is 1. The lowest BCUT2D eigenvalue weighted by atomic mass is 10.2. The fraction of sp³-hybridized carbons (Fsp3) is 0.143. The first kappa shape index (κ1) is 27.6. The summed E-state index contributed by atoms with van der Waals surface area (Å²) in [4.78, 5) is 54.2. The first-order valence-electron chi connectivity index (χ1n) is 12.0. The first-order chi connectivity index (χ1) is 19.3. The molecule has 0 aromatic heterocycles. The molecule has 1 N–H and O–H groups in total. The van der Waals surface area contributed by atoms with Crippen LogP contribution in [0.3, 0.4) is 0 Å². The van der Waals surface area contributed by atoms with Crippen molar-refractivity contribution >= 4 is 53.2 Å². The summed E-state index contributed by atoms with van der Waals surface area (Å²) in [5, 5.41) is 9.47. The van der Waals surface area contributed by atoms with Crippen LogP contribution in [0, 0.1) is 11.6 Å². The number of rotatable bonds is 7. The third kappa shape index (κ3) is 5.51. The highest BCUT2D eigenvalue weighted by molar-refractivity contribution is 8.08. The zero-order chi connectivity index (χ0) is 28.4. The maximum Gasteiger partial charge on any atom is 0.273 e. The summed E-state index contributed by atoms with van der Waals surface area (Å²) in [5.74, 6) is -5.63. The number of phenolic OH excluding ortho intramolecular Hbond substituents is 1. The van der Waals surface area contributed by atoms with Gasteiger partial charge in [-0.05, 0) is 36.4 Å². The minimum atomic E-state index is -1.32. The first-order valence-corrected chi connectivity index (χ1v) is 13.6. The average Bonchev–Trinajstić information content (AvgIpc) is 3.20. The van der Waals surface area contributed by atoms with Crippen molar-refractivity contribution in [2.75, 3.05) is 31.2 Å². The SMILES string of the molecule is O=Cc1ccc(SC2=C(Sc3ccc(C(=O)N4CCOCC4)cc3)C(=O)N(c3cc(F)c(O)c(F)c3)C2=O)cc1. The van der Waals surface area contributed by atoms with Crippen molar-refractivity contribution in [2.45, 2.75) is 9.79 Å². The molecule has 8 nitrogen and oxygen atoms in total. The number of anilines is 1. The number of phenols is 1. The molecule has 0 unspecified atom stereocenters. The quantitative estimate of drug-likeness (QED) is 0.318. The number of halogens is 2. The number of ether oxygens (including phenoxy) is 1. The Morgan fingerprint density at radius 3 is 1.85 bits per heavy atom. The average molecular weight is 583 g/mol. The molecule has 204 valence electrons. The Labute approximate surface area is 235 Å². The summed E-state index contributed by atoms with van der Waals surface area (Å²) < 4.78 is 33.5. The van der Waals surface area contributed by atoms with E-state index in [9.17, 15) is 33.1 Å². The second-order valence-electron chi connectivity index (χ2n) is 8.68. The van der Waals surface area contributed by atoms with Crippen LogP contribution in [0.4, 0.5) is 14.5 Å². The van der Waals surface area contributed by atoms with Crippen LogP contribution < -0.4 is 4.90 Å². The van der Waals surface area contributed by atoms with E-state index in [1.807, 2.05) is 0 Å². The van der Waals surface area contributed by atoms with Crippen LogP contribution in [0.25, 0.3) is 0 Å². The molecule has 3 aromatic carbocycles. The van der Waals surface area contributed by atoms with Crippen LogP contribution >= 0.6 is 23.5 Å². The zero-order valence-corrected chi connectivity index (χ0v) is 22.3. The zero-order valence-electron chi connectivity index (χ0n) is 20.6. The summed E-state index contributed by atoms with van der Waals surface area (Å²) in [7, 11) is 0. The highest BCUT2D eigenvalue weighted by Crippen LogP contribution is 2.44. The molecule has 2 aliphatic rings. The maximum absolute atomic E-state index is 14.1. The van der Waals surface area contributed by atoms with E-state index in [2.05, 4.69) is 0 Å². The largest absolute Gasteiger partial charge is 0.503 e. The number of amides is 3. The fourth-order valence-electron chi connectivity index (χ4n) is 4.05. The van der Waals surface area contributed by atoms with Gasteiger partial charge < -0.3 is 14.7 Å². The third-order valence-electron chi connectivity index (χ3n) is 6.12. The summed E-state index contributed by atoms with van der Waals surface area (Å²) >= 11 is 1.94. The van der Waals surface area contributed by atoms with E-state index in [4.69, 9.17) is 4.74 Å². The van der Waals surface area contributed by atoms with Crippen LogP contribution in [0.5, 0.6) is 5.75 Å². The van der Waals surface area contributed by atoms with Crippen LogP contribution in [0.1, 0.15) is 20.7 Å². The minimum absolute atomic E-state index is 0.00983. The third-order valence-corrected chi connectivity index (χ3v) is 8.43. The minimum Gasteiger partial charge on any atom is -0.503 e. The van der Waals surface area contributed by atoms with E-state index in [1.54, 1.807) is 53.4 Å². The number of thioether (sulfide) groups is 2. The number of hydrogen-bond acceptors (Lipinski definition) is 8. The van der Waals surface area contributed by atoms with Crippen LogP contribution in [-0.4, -0.2) is 60.3 Å². The molecule has 2 heterocycles. The number of morpholine rings is 1. The predicted molar refractivity (Wildman–Crippen MR) is 144 cm³/mol. The number of benzene rings is 3. The summed E-state index contributed by atoms with van der Waals surface area (Å²) in [6, 6.07) is 14.3. The lowest BCUT2D eigenvalue weighted by Gasteiger charge is -2.26. The Bertz CT molecular complexity index is 1510. The van der Waals surface area contributed by atoms with Gasteiger partial charge >= 0.3 is 0 Å². The Kier molecular flexibility index (Phi) is 8.01. The Morgan fingerprint density at radius 1 is 0.850 bits per heavy atom. The number of carbonyl (C=O) groups is 4. The van der Waals surface area contributed by atoms with Crippen LogP contribution in [-0.2, 0) is 14.3 Å².